The van der Waals surface area contributed by atoms with E-state index in [0.29, 0.717) is 19.1 Å². The van der Waals surface area contributed by atoms with Gasteiger partial charge in [-0.05, 0) is 53.3 Å². The van der Waals surface area contributed by atoms with Gasteiger partial charge in [0.1, 0.15) is 5.75 Å². The predicted octanol–water partition coefficient (Wildman–Crippen LogP) is 4.80. The average molecular weight is 330 g/mol. The molecule has 0 aliphatic rings. The molecule has 0 saturated heterocycles. The molecule has 1 N–H and O–H groups in total. The van der Waals surface area contributed by atoms with Gasteiger partial charge in [0, 0.05) is 5.92 Å². The highest BCUT2D eigenvalue weighted by molar-refractivity contribution is 5.84. The van der Waals surface area contributed by atoms with Gasteiger partial charge in [0.2, 0.25) is 0 Å². The predicted molar refractivity (Wildman–Crippen MR) is 99.4 cm³/mol. The fourth-order valence-corrected chi connectivity index (χ4v) is 2.75. The number of hydrogen-bond donors (Lipinski definition) is 1. The van der Waals surface area contributed by atoms with Crippen LogP contribution < -0.4 is 4.74 Å². The van der Waals surface area contributed by atoms with Crippen molar-refractivity contribution in [2.24, 2.45) is 11.8 Å². The van der Waals surface area contributed by atoms with Crippen molar-refractivity contribution in [3.8, 4) is 5.75 Å². The molecule has 2 atom stereocenters. The minimum atomic E-state index is -0.281. The maximum atomic E-state index is 10.2. The third-order valence-corrected chi connectivity index (χ3v) is 4.46. The molecule has 0 aliphatic heterocycles. The van der Waals surface area contributed by atoms with Crippen LogP contribution in [-0.2, 0) is 11.3 Å². The molecule has 0 amide bonds. The second kappa shape index (κ2) is 9.05. The molecule has 3 nitrogen and oxygen atoms in total. The van der Waals surface area contributed by atoms with Gasteiger partial charge in [0.05, 0.1) is 26.4 Å². The van der Waals surface area contributed by atoms with Crippen molar-refractivity contribution in [1.29, 1.82) is 0 Å². The van der Waals surface area contributed by atoms with Gasteiger partial charge in [0.25, 0.3) is 0 Å². The fourth-order valence-electron chi connectivity index (χ4n) is 2.75. The lowest BCUT2D eigenvalue weighted by atomic mass is 9.97. The zero-order valence-corrected chi connectivity index (χ0v) is 15.3. The number of rotatable bonds is 9. The molecule has 0 fully saturated rings. The molecule has 2 rings (SSSR count). The van der Waals surface area contributed by atoms with Crippen LogP contribution in [0.2, 0.25) is 0 Å². The standard InChI is InChI=1S/C21H30O3/c1-15(2)5-10-21(22)16(3)13-24-14-17-6-7-19-12-20(23-4)9-8-18(19)11-17/h6-9,11-12,15-16,21-22H,5,10,13-14H2,1-4H3/t16-,21-/m0/s1. The number of hydrogen-bond acceptors (Lipinski definition) is 3. The molecule has 132 valence electrons. The second-order valence-electron chi connectivity index (χ2n) is 7.08. The summed E-state index contributed by atoms with van der Waals surface area (Å²) >= 11 is 0. The van der Waals surface area contributed by atoms with Crippen molar-refractivity contribution < 1.29 is 14.6 Å². The molecule has 3 heteroatoms. The van der Waals surface area contributed by atoms with Crippen LogP contribution in [0.4, 0.5) is 0 Å². The first-order valence-electron chi connectivity index (χ1n) is 8.82. The third kappa shape index (κ3) is 5.50. The first-order valence-corrected chi connectivity index (χ1v) is 8.82. The Bertz CT molecular complexity index is 636. The van der Waals surface area contributed by atoms with Gasteiger partial charge in [-0.2, -0.15) is 0 Å². The largest absolute Gasteiger partial charge is 0.497 e. The lowest BCUT2D eigenvalue weighted by Crippen LogP contribution is -2.22. The van der Waals surface area contributed by atoms with Crippen molar-refractivity contribution in [2.75, 3.05) is 13.7 Å². The van der Waals surface area contributed by atoms with Gasteiger partial charge in [-0.15, -0.1) is 0 Å². The lowest BCUT2D eigenvalue weighted by Gasteiger charge is -2.19. The summed E-state index contributed by atoms with van der Waals surface area (Å²) in [5.41, 5.74) is 1.15. The zero-order valence-electron chi connectivity index (χ0n) is 15.3. The fraction of sp³-hybridized carbons (Fsp3) is 0.524. The van der Waals surface area contributed by atoms with Crippen LogP contribution >= 0.6 is 0 Å². The topological polar surface area (TPSA) is 38.7 Å². The molecule has 0 saturated carbocycles. The summed E-state index contributed by atoms with van der Waals surface area (Å²) in [7, 11) is 1.68. The molecule has 2 aromatic carbocycles. The Morgan fingerprint density at radius 1 is 0.958 bits per heavy atom. The van der Waals surface area contributed by atoms with E-state index < -0.39 is 0 Å². The maximum absolute atomic E-state index is 10.2. The Kier molecular flexibility index (Phi) is 7.07. The quantitative estimate of drug-likeness (QED) is 0.718. The molecule has 0 heterocycles. The Labute approximate surface area is 145 Å². The number of aliphatic hydroxyl groups excluding tert-OH is 1. The lowest BCUT2D eigenvalue weighted by molar-refractivity contribution is 0.0231. The maximum Gasteiger partial charge on any atom is 0.119 e. The van der Waals surface area contributed by atoms with E-state index in [9.17, 15) is 5.11 Å². The van der Waals surface area contributed by atoms with Gasteiger partial charge in [-0.1, -0.05) is 39.0 Å². The van der Waals surface area contributed by atoms with Crippen LogP contribution in [0.1, 0.15) is 39.2 Å². The third-order valence-electron chi connectivity index (χ3n) is 4.46. The summed E-state index contributed by atoms with van der Waals surface area (Å²) in [6.45, 7) is 7.58. The minimum absolute atomic E-state index is 0.161. The summed E-state index contributed by atoms with van der Waals surface area (Å²) in [5.74, 6) is 1.66. The van der Waals surface area contributed by atoms with E-state index in [1.807, 2.05) is 12.1 Å². The molecule has 0 bridgehead atoms. The summed E-state index contributed by atoms with van der Waals surface area (Å²) in [6.07, 6.45) is 1.62. The van der Waals surface area contributed by atoms with Crippen molar-refractivity contribution in [3.05, 3.63) is 42.0 Å². The smallest absolute Gasteiger partial charge is 0.119 e. The molecule has 0 unspecified atom stereocenters. The monoisotopic (exact) mass is 330 g/mol. The Balaban J connectivity index is 1.84. The van der Waals surface area contributed by atoms with Crippen LogP contribution in [0, 0.1) is 11.8 Å². The first kappa shape index (κ1) is 18.8. The Morgan fingerprint density at radius 2 is 1.67 bits per heavy atom. The van der Waals surface area contributed by atoms with Crippen LogP contribution in [0.25, 0.3) is 10.8 Å². The van der Waals surface area contributed by atoms with Crippen LogP contribution in [0.3, 0.4) is 0 Å². The van der Waals surface area contributed by atoms with Crippen molar-refractivity contribution >= 4 is 10.8 Å². The Morgan fingerprint density at radius 3 is 2.38 bits per heavy atom. The van der Waals surface area contributed by atoms with Gasteiger partial charge >= 0.3 is 0 Å². The van der Waals surface area contributed by atoms with Gasteiger partial charge < -0.3 is 14.6 Å². The van der Waals surface area contributed by atoms with Crippen molar-refractivity contribution in [3.63, 3.8) is 0 Å². The number of methoxy groups -OCH3 is 1. The SMILES string of the molecule is COc1ccc2cc(COC[C@H](C)[C@@H](O)CCC(C)C)ccc2c1. The van der Waals surface area contributed by atoms with Crippen molar-refractivity contribution in [1.82, 2.24) is 0 Å². The Hall–Kier alpha value is -1.58. The molecular formula is C21H30O3. The van der Waals surface area contributed by atoms with E-state index in [0.717, 1.165) is 29.5 Å². The highest BCUT2D eigenvalue weighted by Crippen LogP contribution is 2.22. The summed E-state index contributed by atoms with van der Waals surface area (Å²) < 4.78 is 11.1. The van der Waals surface area contributed by atoms with Crippen molar-refractivity contribution in [2.45, 2.75) is 46.3 Å². The zero-order chi connectivity index (χ0) is 17.5. The molecule has 0 aliphatic carbocycles. The number of ether oxygens (including phenoxy) is 2. The molecule has 2 aromatic rings. The molecular weight excluding hydrogens is 300 g/mol. The second-order valence-corrected chi connectivity index (χ2v) is 7.08. The van der Waals surface area contributed by atoms with Crippen LogP contribution in [0.15, 0.2) is 36.4 Å². The molecule has 0 radical (unpaired) electrons. The van der Waals surface area contributed by atoms with Crippen LogP contribution in [-0.4, -0.2) is 24.9 Å². The first-order chi connectivity index (χ1) is 11.5. The summed E-state index contributed by atoms with van der Waals surface area (Å²) in [4.78, 5) is 0. The summed E-state index contributed by atoms with van der Waals surface area (Å²) in [6, 6.07) is 12.4. The summed E-state index contributed by atoms with van der Waals surface area (Å²) in [5, 5.41) is 12.5. The van der Waals surface area contributed by atoms with Gasteiger partial charge in [0.15, 0.2) is 0 Å². The average Bonchev–Trinajstić information content (AvgIpc) is 2.58. The number of fused-ring (bicyclic) bond motifs is 1. The number of aliphatic hydroxyl groups is 1. The highest BCUT2D eigenvalue weighted by atomic mass is 16.5. The molecule has 0 spiro atoms. The van der Waals surface area contributed by atoms with Gasteiger partial charge in [-0.3, -0.25) is 0 Å². The minimum Gasteiger partial charge on any atom is -0.497 e. The molecule has 0 aromatic heterocycles. The van der Waals surface area contributed by atoms with E-state index in [2.05, 4.69) is 45.0 Å². The van der Waals surface area contributed by atoms with E-state index >= 15 is 0 Å². The van der Waals surface area contributed by atoms with E-state index in [4.69, 9.17) is 9.47 Å². The normalized spacial score (nSPS) is 14.1. The van der Waals surface area contributed by atoms with E-state index in [-0.39, 0.29) is 12.0 Å². The van der Waals surface area contributed by atoms with E-state index in [1.54, 1.807) is 7.11 Å². The van der Waals surface area contributed by atoms with Gasteiger partial charge in [-0.25, -0.2) is 0 Å². The number of benzene rings is 2. The van der Waals surface area contributed by atoms with Crippen LogP contribution in [0.5, 0.6) is 5.75 Å². The molecule has 24 heavy (non-hydrogen) atoms. The highest BCUT2D eigenvalue weighted by Gasteiger charge is 2.14. The van der Waals surface area contributed by atoms with E-state index in [1.165, 1.54) is 5.39 Å².